The third kappa shape index (κ3) is 7.16. The van der Waals surface area contributed by atoms with Crippen molar-refractivity contribution in [1.29, 1.82) is 0 Å². The van der Waals surface area contributed by atoms with Crippen molar-refractivity contribution in [2.75, 3.05) is 31.1 Å². The molecule has 1 fully saturated rings. The second-order valence-corrected chi connectivity index (χ2v) is 8.46. The Hall–Kier alpha value is -3.68. The van der Waals surface area contributed by atoms with Crippen LogP contribution in [0.3, 0.4) is 0 Å². The fourth-order valence-electron chi connectivity index (χ4n) is 3.71. The van der Waals surface area contributed by atoms with Gasteiger partial charge in [-0.15, -0.1) is 0 Å². The van der Waals surface area contributed by atoms with Gasteiger partial charge in [-0.3, -0.25) is 10.4 Å². The third-order valence-corrected chi connectivity index (χ3v) is 6.01. The SMILES string of the molecule is O=C(O)C(O)C(O)C(=O)O.S=C(N/N=C1/CCCc2cccnc21)N1CCN(c2ccccn2)CC1. The van der Waals surface area contributed by atoms with Crippen LogP contribution in [0.2, 0.25) is 0 Å². The maximum atomic E-state index is 9.77. The van der Waals surface area contributed by atoms with E-state index in [0.717, 1.165) is 62.7 Å². The minimum absolute atomic E-state index is 0.682. The number of hydrogen-bond donors (Lipinski definition) is 5. The summed E-state index contributed by atoms with van der Waals surface area (Å²) >= 11 is 5.55. The molecular weight excluding hydrogens is 488 g/mol. The van der Waals surface area contributed by atoms with Gasteiger partial charge < -0.3 is 30.2 Å². The van der Waals surface area contributed by atoms with E-state index in [1.54, 1.807) is 0 Å². The van der Waals surface area contributed by atoms with Gasteiger partial charge in [-0.25, -0.2) is 14.6 Å². The number of carboxylic acids is 2. The highest BCUT2D eigenvalue weighted by atomic mass is 32.1. The normalized spacial score (nSPS) is 17.8. The van der Waals surface area contributed by atoms with Crippen molar-refractivity contribution in [3.8, 4) is 0 Å². The van der Waals surface area contributed by atoms with Crippen molar-refractivity contribution in [1.82, 2.24) is 20.3 Å². The highest BCUT2D eigenvalue weighted by Gasteiger charge is 2.29. The number of hydrogen-bond acceptors (Lipinski definition) is 9. The zero-order chi connectivity index (χ0) is 26.1. The van der Waals surface area contributed by atoms with Gasteiger partial charge in [-0.1, -0.05) is 12.1 Å². The largest absolute Gasteiger partial charge is 0.479 e. The number of aliphatic carboxylic acids is 2. The average molecular weight is 517 g/mol. The number of nitrogens with one attached hydrogen (secondary N) is 1. The zero-order valence-corrected chi connectivity index (χ0v) is 20.2. The summed E-state index contributed by atoms with van der Waals surface area (Å²) in [5, 5.41) is 37.8. The van der Waals surface area contributed by atoms with Crippen LogP contribution < -0.4 is 10.3 Å². The molecule has 1 aliphatic heterocycles. The van der Waals surface area contributed by atoms with Crippen LogP contribution in [0.15, 0.2) is 47.8 Å². The molecular formula is C23H28N6O6S. The Morgan fingerprint density at radius 1 is 0.944 bits per heavy atom. The number of rotatable bonds is 5. The van der Waals surface area contributed by atoms with Crippen molar-refractivity contribution in [3.63, 3.8) is 0 Å². The van der Waals surface area contributed by atoms with Gasteiger partial charge in [0.25, 0.3) is 0 Å². The third-order valence-electron chi connectivity index (χ3n) is 5.66. The van der Waals surface area contributed by atoms with Gasteiger partial charge in [0.15, 0.2) is 17.3 Å². The molecule has 2 aliphatic rings. The Balaban J connectivity index is 0.000000308. The number of aliphatic hydroxyl groups is 2. The monoisotopic (exact) mass is 516 g/mol. The minimum Gasteiger partial charge on any atom is -0.479 e. The van der Waals surface area contributed by atoms with E-state index >= 15 is 0 Å². The molecule has 1 saturated heterocycles. The Morgan fingerprint density at radius 2 is 1.61 bits per heavy atom. The molecule has 3 heterocycles. The summed E-state index contributed by atoms with van der Waals surface area (Å²) in [7, 11) is 0. The number of carboxylic acid groups (broad SMARTS) is 2. The first-order valence-electron chi connectivity index (χ1n) is 11.3. The second-order valence-electron chi connectivity index (χ2n) is 8.07. The van der Waals surface area contributed by atoms with Crippen LogP contribution in [-0.2, 0) is 16.0 Å². The van der Waals surface area contributed by atoms with Gasteiger partial charge in [0.05, 0.1) is 11.4 Å². The number of nitrogens with zero attached hydrogens (tertiary/aromatic N) is 5. The molecule has 2 unspecified atom stereocenters. The number of carbonyl (C=O) groups is 2. The number of thiocarbonyl (C=S) groups is 1. The molecule has 13 heteroatoms. The van der Waals surface area contributed by atoms with Gasteiger partial charge >= 0.3 is 11.9 Å². The highest BCUT2D eigenvalue weighted by Crippen LogP contribution is 2.19. The topological polar surface area (TPSA) is 172 Å². The summed E-state index contributed by atoms with van der Waals surface area (Å²) in [5.74, 6) is -2.51. The fourth-order valence-corrected chi connectivity index (χ4v) is 3.94. The zero-order valence-electron chi connectivity index (χ0n) is 19.4. The maximum Gasteiger partial charge on any atom is 0.335 e. The molecule has 2 aromatic heterocycles. The number of anilines is 1. The summed E-state index contributed by atoms with van der Waals surface area (Å²) in [6.45, 7) is 3.53. The predicted molar refractivity (Wildman–Crippen MR) is 135 cm³/mol. The van der Waals surface area contributed by atoms with Crippen molar-refractivity contribution in [2.24, 2.45) is 5.10 Å². The molecule has 4 rings (SSSR count). The van der Waals surface area contributed by atoms with Gasteiger partial charge in [-0.2, -0.15) is 5.10 Å². The number of hydrazone groups is 1. The quantitative estimate of drug-likeness (QED) is 0.268. The van der Waals surface area contributed by atoms with E-state index in [1.165, 1.54) is 5.56 Å². The van der Waals surface area contributed by atoms with Crippen molar-refractivity contribution < 1.29 is 30.0 Å². The van der Waals surface area contributed by atoms with E-state index in [2.05, 4.69) is 36.4 Å². The molecule has 192 valence electrons. The van der Waals surface area contributed by atoms with E-state index < -0.39 is 24.1 Å². The molecule has 1 aliphatic carbocycles. The Kier molecular flexibility index (Phi) is 9.61. The molecule has 0 radical (unpaired) electrons. The fraction of sp³-hybridized carbons (Fsp3) is 0.391. The van der Waals surface area contributed by atoms with Crippen molar-refractivity contribution in [2.45, 2.75) is 31.5 Å². The lowest BCUT2D eigenvalue weighted by atomic mass is 9.95. The van der Waals surface area contributed by atoms with E-state index in [4.69, 9.17) is 32.6 Å². The molecule has 0 amide bonds. The second kappa shape index (κ2) is 12.9. The minimum atomic E-state index is -2.27. The Morgan fingerprint density at radius 3 is 2.22 bits per heavy atom. The van der Waals surface area contributed by atoms with Gasteiger partial charge in [0, 0.05) is 38.6 Å². The molecule has 5 N–H and O–H groups in total. The maximum absolute atomic E-state index is 9.77. The number of piperazine rings is 1. The van der Waals surface area contributed by atoms with Crippen molar-refractivity contribution in [3.05, 3.63) is 54.0 Å². The summed E-state index contributed by atoms with van der Waals surface area (Å²) in [4.78, 5) is 32.9. The van der Waals surface area contributed by atoms with Crippen molar-refractivity contribution >= 4 is 40.8 Å². The molecule has 0 spiro atoms. The van der Waals surface area contributed by atoms with Crippen LogP contribution in [0.1, 0.15) is 24.1 Å². The van der Waals surface area contributed by atoms with Gasteiger partial charge in [0.2, 0.25) is 0 Å². The molecule has 2 atom stereocenters. The Bertz CT molecular complexity index is 1080. The molecule has 2 aromatic rings. The molecule has 0 aromatic carbocycles. The molecule has 0 saturated carbocycles. The summed E-state index contributed by atoms with van der Waals surface area (Å²) in [5.41, 5.74) is 6.37. The van der Waals surface area contributed by atoms with E-state index in [0.29, 0.717) is 5.11 Å². The first-order valence-corrected chi connectivity index (χ1v) is 11.7. The van der Waals surface area contributed by atoms with Crippen LogP contribution in [0.5, 0.6) is 0 Å². The van der Waals surface area contributed by atoms with E-state index in [-0.39, 0.29) is 0 Å². The molecule has 12 nitrogen and oxygen atoms in total. The lowest BCUT2D eigenvalue weighted by Crippen LogP contribution is -2.51. The first kappa shape index (κ1) is 26.9. The van der Waals surface area contributed by atoms with Crippen LogP contribution in [0, 0.1) is 0 Å². The summed E-state index contributed by atoms with van der Waals surface area (Å²) in [6, 6.07) is 10.1. The number of aromatic nitrogens is 2. The van der Waals surface area contributed by atoms with Crippen LogP contribution in [-0.4, -0.2) is 96.4 Å². The molecule has 0 bridgehead atoms. The number of pyridine rings is 2. The van der Waals surface area contributed by atoms with E-state index in [9.17, 15) is 9.59 Å². The standard InChI is InChI=1S/C19H22N6S.C4H6O6/c26-19(23-22-16-7-3-5-15-6-4-10-21-18(15)16)25-13-11-24(12-14-25)17-8-1-2-9-20-17;5-1(3(7)8)2(6)4(9)10/h1-2,4,6,8-10H,3,5,7,11-14H2,(H,23,26);1-2,5-6H,(H,7,8)(H,9,10)/b22-16-;. The van der Waals surface area contributed by atoms with Crippen LogP contribution in [0.4, 0.5) is 5.82 Å². The smallest absolute Gasteiger partial charge is 0.335 e. The van der Waals surface area contributed by atoms with Crippen LogP contribution in [0.25, 0.3) is 0 Å². The van der Waals surface area contributed by atoms with Gasteiger partial charge in [0.1, 0.15) is 5.82 Å². The van der Waals surface area contributed by atoms with E-state index in [1.807, 2.05) is 36.7 Å². The molecule has 36 heavy (non-hydrogen) atoms. The number of aliphatic hydroxyl groups excluding tert-OH is 2. The first-order chi connectivity index (χ1) is 17.3. The van der Waals surface area contributed by atoms with Gasteiger partial charge in [-0.05, 0) is 55.2 Å². The highest BCUT2D eigenvalue weighted by molar-refractivity contribution is 7.80. The number of fused-ring (bicyclic) bond motifs is 1. The van der Waals surface area contributed by atoms with Crippen LogP contribution >= 0.6 is 12.2 Å². The predicted octanol–water partition coefficient (Wildman–Crippen LogP) is 0.0911. The summed E-state index contributed by atoms with van der Waals surface area (Å²) < 4.78 is 0. The average Bonchev–Trinajstić information content (AvgIpc) is 2.91. The Labute approximate surface area is 212 Å². The lowest BCUT2D eigenvalue weighted by molar-refractivity contribution is -0.165. The number of aryl methyl sites for hydroxylation is 1. The summed E-state index contributed by atoms with van der Waals surface area (Å²) in [6.07, 6.45) is 2.24. The lowest BCUT2D eigenvalue weighted by Gasteiger charge is -2.36.